The first-order valence-corrected chi connectivity index (χ1v) is 7.44. The summed E-state index contributed by atoms with van der Waals surface area (Å²) in [5.41, 5.74) is 0.906. The third kappa shape index (κ3) is 7.26. The first-order chi connectivity index (χ1) is 9.74. The maximum atomic E-state index is 11.4. The van der Waals surface area contributed by atoms with Gasteiger partial charge < -0.3 is 15.7 Å². The zero-order chi connectivity index (χ0) is 14.6. The Labute approximate surface area is 121 Å². The minimum absolute atomic E-state index is 0.115. The molecule has 112 valence electrons. The minimum Gasteiger partial charge on any atom is -0.387 e. The summed E-state index contributed by atoms with van der Waals surface area (Å²) in [6.45, 7) is 3.89. The van der Waals surface area contributed by atoms with Crippen molar-refractivity contribution in [2.45, 2.75) is 38.7 Å². The maximum Gasteiger partial charge on any atom is 0.220 e. The SMILES string of the molecule is CCCCCC(=O)NCCNCC(O)c1ccccc1. The van der Waals surface area contributed by atoms with Gasteiger partial charge >= 0.3 is 0 Å². The summed E-state index contributed by atoms with van der Waals surface area (Å²) < 4.78 is 0. The van der Waals surface area contributed by atoms with Crippen molar-refractivity contribution >= 4 is 5.91 Å². The number of nitrogens with one attached hydrogen (secondary N) is 2. The molecule has 0 aliphatic carbocycles. The van der Waals surface area contributed by atoms with Crippen LogP contribution >= 0.6 is 0 Å². The van der Waals surface area contributed by atoms with Gasteiger partial charge in [0.1, 0.15) is 0 Å². The average molecular weight is 278 g/mol. The highest BCUT2D eigenvalue weighted by Gasteiger charge is 2.05. The lowest BCUT2D eigenvalue weighted by Gasteiger charge is -2.12. The predicted octanol–water partition coefficient (Wildman–Crippen LogP) is 2.01. The van der Waals surface area contributed by atoms with E-state index >= 15 is 0 Å². The topological polar surface area (TPSA) is 61.4 Å². The van der Waals surface area contributed by atoms with Crippen LogP contribution in [0.2, 0.25) is 0 Å². The third-order valence-electron chi connectivity index (χ3n) is 3.15. The van der Waals surface area contributed by atoms with E-state index in [-0.39, 0.29) is 5.91 Å². The molecule has 0 saturated heterocycles. The fourth-order valence-corrected chi connectivity index (χ4v) is 1.95. The third-order valence-corrected chi connectivity index (χ3v) is 3.15. The van der Waals surface area contributed by atoms with Gasteiger partial charge in [-0.15, -0.1) is 0 Å². The molecule has 0 aliphatic rings. The van der Waals surface area contributed by atoms with Crippen molar-refractivity contribution < 1.29 is 9.90 Å². The van der Waals surface area contributed by atoms with E-state index in [1.807, 2.05) is 30.3 Å². The fraction of sp³-hybridized carbons (Fsp3) is 0.562. The molecule has 0 aromatic heterocycles. The van der Waals surface area contributed by atoms with Crippen LogP contribution in [0.4, 0.5) is 0 Å². The van der Waals surface area contributed by atoms with E-state index in [0.29, 0.717) is 26.1 Å². The molecule has 0 saturated carbocycles. The predicted molar refractivity (Wildman–Crippen MR) is 81.4 cm³/mol. The number of rotatable bonds is 10. The molecule has 4 nitrogen and oxygen atoms in total. The van der Waals surface area contributed by atoms with E-state index in [2.05, 4.69) is 17.6 Å². The molecule has 1 atom stereocenters. The average Bonchev–Trinajstić information content (AvgIpc) is 2.48. The number of aliphatic hydroxyl groups excluding tert-OH is 1. The molecule has 1 aromatic carbocycles. The van der Waals surface area contributed by atoms with Crippen LogP contribution in [0.1, 0.15) is 44.3 Å². The Hall–Kier alpha value is -1.39. The van der Waals surface area contributed by atoms with Gasteiger partial charge in [-0.3, -0.25) is 4.79 Å². The largest absolute Gasteiger partial charge is 0.387 e. The summed E-state index contributed by atoms with van der Waals surface area (Å²) in [5, 5.41) is 15.9. The molecule has 1 aromatic rings. The number of aliphatic hydroxyl groups is 1. The van der Waals surface area contributed by atoms with Crippen molar-refractivity contribution in [2.75, 3.05) is 19.6 Å². The first kappa shape index (κ1) is 16.7. The van der Waals surface area contributed by atoms with Crippen molar-refractivity contribution in [3.63, 3.8) is 0 Å². The van der Waals surface area contributed by atoms with Gasteiger partial charge in [0.2, 0.25) is 5.91 Å². The van der Waals surface area contributed by atoms with Gasteiger partial charge in [0, 0.05) is 26.1 Å². The monoisotopic (exact) mass is 278 g/mol. The lowest BCUT2D eigenvalue weighted by Crippen LogP contribution is -2.33. The van der Waals surface area contributed by atoms with Crippen molar-refractivity contribution in [1.82, 2.24) is 10.6 Å². The zero-order valence-corrected chi connectivity index (χ0v) is 12.3. The van der Waals surface area contributed by atoms with E-state index in [1.54, 1.807) is 0 Å². The summed E-state index contributed by atoms with van der Waals surface area (Å²) in [7, 11) is 0. The lowest BCUT2D eigenvalue weighted by atomic mass is 10.1. The van der Waals surface area contributed by atoms with E-state index in [9.17, 15) is 9.90 Å². The Balaban J connectivity index is 2.03. The first-order valence-electron chi connectivity index (χ1n) is 7.44. The van der Waals surface area contributed by atoms with Crippen molar-refractivity contribution in [1.29, 1.82) is 0 Å². The highest BCUT2D eigenvalue weighted by molar-refractivity contribution is 5.75. The smallest absolute Gasteiger partial charge is 0.220 e. The molecule has 0 bridgehead atoms. The molecule has 0 spiro atoms. The highest BCUT2D eigenvalue weighted by Crippen LogP contribution is 2.10. The van der Waals surface area contributed by atoms with E-state index < -0.39 is 6.10 Å². The highest BCUT2D eigenvalue weighted by atomic mass is 16.3. The summed E-state index contributed by atoms with van der Waals surface area (Å²) in [6, 6.07) is 9.56. The van der Waals surface area contributed by atoms with Crippen molar-refractivity contribution in [3.8, 4) is 0 Å². The van der Waals surface area contributed by atoms with Crippen molar-refractivity contribution in [2.24, 2.45) is 0 Å². The molecule has 1 amide bonds. The fourth-order valence-electron chi connectivity index (χ4n) is 1.95. The van der Waals surface area contributed by atoms with Crippen LogP contribution < -0.4 is 10.6 Å². The van der Waals surface area contributed by atoms with E-state index in [1.165, 1.54) is 0 Å². The Morgan fingerprint density at radius 2 is 1.95 bits per heavy atom. The number of hydrogen-bond donors (Lipinski definition) is 3. The zero-order valence-electron chi connectivity index (χ0n) is 12.3. The molecule has 20 heavy (non-hydrogen) atoms. The normalized spacial score (nSPS) is 12.1. The van der Waals surface area contributed by atoms with Gasteiger partial charge in [-0.25, -0.2) is 0 Å². The quantitative estimate of drug-likeness (QED) is 0.574. The Kier molecular flexibility index (Phi) is 8.67. The molecule has 1 unspecified atom stereocenters. The van der Waals surface area contributed by atoms with Crippen LogP contribution in [0.15, 0.2) is 30.3 Å². The molecular formula is C16H26N2O2. The lowest BCUT2D eigenvalue weighted by molar-refractivity contribution is -0.121. The van der Waals surface area contributed by atoms with Crippen LogP contribution in [0.5, 0.6) is 0 Å². The molecule has 0 heterocycles. The number of carbonyl (C=O) groups is 1. The number of benzene rings is 1. The van der Waals surface area contributed by atoms with Gasteiger partial charge in [0.25, 0.3) is 0 Å². The standard InChI is InChI=1S/C16H26N2O2/c1-2-3-5-10-16(20)18-12-11-17-13-15(19)14-8-6-4-7-9-14/h4,6-9,15,17,19H,2-3,5,10-13H2,1H3,(H,18,20). The van der Waals surface area contributed by atoms with Gasteiger partial charge in [0.15, 0.2) is 0 Å². The summed E-state index contributed by atoms with van der Waals surface area (Å²) in [6.07, 6.45) is 3.31. The molecular weight excluding hydrogens is 252 g/mol. The molecule has 0 aliphatic heterocycles. The molecule has 4 heteroatoms. The van der Waals surface area contributed by atoms with Gasteiger partial charge in [-0.05, 0) is 12.0 Å². The van der Waals surface area contributed by atoms with Crippen LogP contribution in [0.3, 0.4) is 0 Å². The summed E-state index contributed by atoms with van der Waals surface area (Å²) in [4.78, 5) is 11.4. The minimum atomic E-state index is -0.503. The number of amides is 1. The van der Waals surface area contributed by atoms with Crippen molar-refractivity contribution in [3.05, 3.63) is 35.9 Å². The Morgan fingerprint density at radius 1 is 1.20 bits per heavy atom. The molecule has 3 N–H and O–H groups in total. The number of carbonyl (C=O) groups excluding carboxylic acids is 1. The molecule has 0 fully saturated rings. The Morgan fingerprint density at radius 3 is 2.65 bits per heavy atom. The summed E-state index contributed by atoms with van der Waals surface area (Å²) >= 11 is 0. The maximum absolute atomic E-state index is 11.4. The van der Waals surface area contributed by atoms with Gasteiger partial charge in [-0.1, -0.05) is 50.1 Å². The number of hydrogen-bond acceptors (Lipinski definition) is 3. The second-order valence-corrected chi connectivity index (χ2v) is 4.94. The van der Waals surface area contributed by atoms with Crippen LogP contribution in [-0.4, -0.2) is 30.6 Å². The number of unbranched alkanes of at least 4 members (excludes halogenated alkanes) is 2. The second kappa shape index (κ2) is 10.4. The van der Waals surface area contributed by atoms with E-state index in [0.717, 1.165) is 24.8 Å². The van der Waals surface area contributed by atoms with Crippen LogP contribution in [0, 0.1) is 0 Å². The molecule has 0 radical (unpaired) electrons. The summed E-state index contributed by atoms with van der Waals surface area (Å²) in [5.74, 6) is 0.115. The molecule has 1 rings (SSSR count). The second-order valence-electron chi connectivity index (χ2n) is 4.94. The van der Waals surface area contributed by atoms with Gasteiger partial charge in [0.05, 0.1) is 6.10 Å². The Bertz CT molecular complexity index is 368. The van der Waals surface area contributed by atoms with Crippen LogP contribution in [-0.2, 0) is 4.79 Å². The van der Waals surface area contributed by atoms with Gasteiger partial charge in [-0.2, -0.15) is 0 Å². The van der Waals surface area contributed by atoms with E-state index in [4.69, 9.17) is 0 Å². The van der Waals surface area contributed by atoms with Crippen LogP contribution in [0.25, 0.3) is 0 Å².